The molecule has 0 saturated heterocycles. The number of carbonyl (C=O) groups is 1. The average molecular weight is 248 g/mol. The Balaban J connectivity index is 2.30. The Morgan fingerprint density at radius 1 is 1.44 bits per heavy atom. The number of allylic oxidation sites excluding steroid dienone is 1. The lowest BCUT2D eigenvalue weighted by atomic mass is 10.2. The lowest BCUT2D eigenvalue weighted by Crippen LogP contribution is -2.13. The van der Waals surface area contributed by atoms with Gasteiger partial charge in [-0.3, -0.25) is 9.89 Å². The van der Waals surface area contributed by atoms with Crippen LogP contribution in [0.25, 0.3) is 11.0 Å². The number of anilines is 1. The summed E-state index contributed by atoms with van der Waals surface area (Å²) in [5.74, 6) is -1.55. The van der Waals surface area contributed by atoms with Crippen LogP contribution in [0.2, 0.25) is 0 Å². The minimum absolute atomic E-state index is 0.334. The van der Waals surface area contributed by atoms with Gasteiger partial charge in [-0.15, -0.1) is 0 Å². The topological polar surface area (TPSA) is 70.7 Å². The van der Waals surface area contributed by atoms with Crippen molar-refractivity contribution in [2.24, 2.45) is 0 Å². The molecule has 0 unspecified atom stereocenters. The predicted molar refractivity (Wildman–Crippen MR) is 66.7 cm³/mol. The van der Waals surface area contributed by atoms with Crippen LogP contribution in [0.1, 0.15) is 19.5 Å². The third-order valence-corrected chi connectivity index (χ3v) is 2.50. The van der Waals surface area contributed by atoms with Gasteiger partial charge in [-0.05, 0) is 32.4 Å². The second kappa shape index (κ2) is 4.56. The van der Waals surface area contributed by atoms with Gasteiger partial charge in [0.05, 0.1) is 11.9 Å². The zero-order valence-corrected chi connectivity index (χ0v) is 10.3. The molecule has 2 N–H and O–H groups in total. The Morgan fingerprint density at radius 2 is 2.17 bits per heavy atom. The summed E-state index contributed by atoms with van der Waals surface area (Å²) in [7, 11) is 0. The summed E-state index contributed by atoms with van der Waals surface area (Å²) in [6.07, 6.45) is 1.44. The molecule has 5 nitrogen and oxygen atoms in total. The SMILES string of the molecule is CC(C)=C(F)C(=O)Nc1cnc2n[nH]c(C)c2c1. The number of nitrogens with zero attached hydrogens (tertiary/aromatic N) is 2. The van der Waals surface area contributed by atoms with Gasteiger partial charge in [0, 0.05) is 11.1 Å². The number of aryl methyl sites for hydroxylation is 1. The molecule has 0 atom stereocenters. The van der Waals surface area contributed by atoms with E-state index in [2.05, 4.69) is 20.5 Å². The zero-order chi connectivity index (χ0) is 13.3. The van der Waals surface area contributed by atoms with E-state index >= 15 is 0 Å². The highest BCUT2D eigenvalue weighted by atomic mass is 19.1. The van der Waals surface area contributed by atoms with Crippen LogP contribution in [0.5, 0.6) is 0 Å². The van der Waals surface area contributed by atoms with E-state index in [-0.39, 0.29) is 0 Å². The number of aromatic nitrogens is 3. The van der Waals surface area contributed by atoms with E-state index in [0.29, 0.717) is 16.9 Å². The normalized spacial score (nSPS) is 10.4. The lowest BCUT2D eigenvalue weighted by molar-refractivity contribution is -0.114. The molecule has 0 aliphatic carbocycles. The number of hydrogen-bond acceptors (Lipinski definition) is 3. The molecule has 2 rings (SSSR count). The Bertz CT molecular complexity index is 641. The molecule has 0 spiro atoms. The zero-order valence-electron chi connectivity index (χ0n) is 10.3. The summed E-state index contributed by atoms with van der Waals surface area (Å²) < 4.78 is 13.4. The van der Waals surface area contributed by atoms with Gasteiger partial charge in [0.25, 0.3) is 5.91 Å². The van der Waals surface area contributed by atoms with Crippen molar-refractivity contribution in [3.8, 4) is 0 Å². The maximum Gasteiger partial charge on any atom is 0.284 e. The summed E-state index contributed by atoms with van der Waals surface area (Å²) in [5.41, 5.74) is 2.18. The molecule has 2 heterocycles. The first-order valence-corrected chi connectivity index (χ1v) is 5.44. The van der Waals surface area contributed by atoms with E-state index in [1.807, 2.05) is 6.92 Å². The molecule has 0 aliphatic heterocycles. The lowest BCUT2D eigenvalue weighted by Gasteiger charge is -2.04. The minimum Gasteiger partial charge on any atom is -0.319 e. The molecule has 2 aromatic heterocycles. The van der Waals surface area contributed by atoms with Crippen molar-refractivity contribution in [3.63, 3.8) is 0 Å². The van der Waals surface area contributed by atoms with Crippen LogP contribution < -0.4 is 5.32 Å². The van der Waals surface area contributed by atoms with Crippen LogP contribution >= 0.6 is 0 Å². The fourth-order valence-corrected chi connectivity index (χ4v) is 1.50. The van der Waals surface area contributed by atoms with Crippen LogP contribution in [0.4, 0.5) is 10.1 Å². The van der Waals surface area contributed by atoms with Crippen molar-refractivity contribution >= 4 is 22.6 Å². The van der Waals surface area contributed by atoms with Crippen molar-refractivity contribution in [3.05, 3.63) is 29.4 Å². The van der Waals surface area contributed by atoms with Gasteiger partial charge in [-0.25, -0.2) is 9.37 Å². The number of carbonyl (C=O) groups excluding carboxylic acids is 1. The summed E-state index contributed by atoms with van der Waals surface area (Å²) in [6, 6.07) is 1.71. The Morgan fingerprint density at radius 3 is 2.83 bits per heavy atom. The number of aromatic amines is 1. The number of amides is 1. The fourth-order valence-electron chi connectivity index (χ4n) is 1.50. The number of halogens is 1. The number of fused-ring (bicyclic) bond motifs is 1. The van der Waals surface area contributed by atoms with Gasteiger partial charge in [-0.2, -0.15) is 5.10 Å². The standard InChI is InChI=1S/C12H13FN4O/c1-6(2)10(13)12(18)15-8-4-9-7(3)16-17-11(9)14-5-8/h4-5H,1-3H3,(H,15,18)(H,14,16,17). The number of pyridine rings is 1. The quantitative estimate of drug-likeness (QED) is 0.802. The molecule has 0 fully saturated rings. The summed E-state index contributed by atoms with van der Waals surface area (Å²) in [6.45, 7) is 4.92. The largest absolute Gasteiger partial charge is 0.319 e. The molecule has 1 amide bonds. The van der Waals surface area contributed by atoms with Gasteiger partial charge < -0.3 is 5.32 Å². The second-order valence-electron chi connectivity index (χ2n) is 4.21. The molecule has 6 heteroatoms. The summed E-state index contributed by atoms with van der Waals surface area (Å²) in [5, 5.41) is 10.0. The molecule has 18 heavy (non-hydrogen) atoms. The van der Waals surface area contributed by atoms with Crippen molar-refractivity contribution in [1.82, 2.24) is 15.2 Å². The van der Waals surface area contributed by atoms with Crippen LogP contribution in [-0.4, -0.2) is 21.1 Å². The number of nitrogens with one attached hydrogen (secondary N) is 2. The highest BCUT2D eigenvalue weighted by Gasteiger charge is 2.12. The number of H-pyrrole nitrogens is 1. The Labute approximate surface area is 103 Å². The molecule has 0 aromatic carbocycles. The Hall–Kier alpha value is -2.24. The van der Waals surface area contributed by atoms with Crippen LogP contribution in [0.3, 0.4) is 0 Å². The maximum atomic E-state index is 13.4. The molecule has 2 aromatic rings. The van der Waals surface area contributed by atoms with Crippen molar-refractivity contribution in [2.75, 3.05) is 5.32 Å². The molecular weight excluding hydrogens is 235 g/mol. The monoisotopic (exact) mass is 248 g/mol. The summed E-state index contributed by atoms with van der Waals surface area (Å²) >= 11 is 0. The molecule has 0 bridgehead atoms. The highest BCUT2D eigenvalue weighted by molar-refractivity contribution is 6.03. The summed E-state index contributed by atoms with van der Waals surface area (Å²) in [4.78, 5) is 15.6. The molecule has 0 aliphatic rings. The van der Waals surface area contributed by atoms with Crippen LogP contribution in [0, 0.1) is 6.92 Å². The van der Waals surface area contributed by atoms with Gasteiger partial charge in [0.15, 0.2) is 11.5 Å². The van der Waals surface area contributed by atoms with Crippen LogP contribution in [-0.2, 0) is 4.79 Å². The first kappa shape index (κ1) is 12.2. The van der Waals surface area contributed by atoms with E-state index in [1.54, 1.807) is 6.07 Å². The molecular formula is C12H13FN4O. The Kier molecular flexibility index (Phi) is 3.10. The van der Waals surface area contributed by atoms with Gasteiger partial charge in [0.2, 0.25) is 0 Å². The van der Waals surface area contributed by atoms with Gasteiger partial charge in [-0.1, -0.05) is 0 Å². The van der Waals surface area contributed by atoms with Crippen molar-refractivity contribution in [1.29, 1.82) is 0 Å². The van der Waals surface area contributed by atoms with E-state index < -0.39 is 11.7 Å². The smallest absolute Gasteiger partial charge is 0.284 e. The molecule has 94 valence electrons. The maximum absolute atomic E-state index is 13.4. The first-order chi connectivity index (χ1) is 8.49. The van der Waals surface area contributed by atoms with Gasteiger partial charge in [0.1, 0.15) is 0 Å². The average Bonchev–Trinajstić information content (AvgIpc) is 2.70. The van der Waals surface area contributed by atoms with E-state index in [9.17, 15) is 9.18 Å². The third-order valence-electron chi connectivity index (χ3n) is 2.50. The minimum atomic E-state index is -0.779. The van der Waals surface area contributed by atoms with E-state index in [1.165, 1.54) is 20.0 Å². The second-order valence-corrected chi connectivity index (χ2v) is 4.21. The third kappa shape index (κ3) is 2.22. The first-order valence-electron chi connectivity index (χ1n) is 5.44. The van der Waals surface area contributed by atoms with E-state index in [4.69, 9.17) is 0 Å². The van der Waals surface area contributed by atoms with Crippen LogP contribution in [0.15, 0.2) is 23.7 Å². The number of hydrogen-bond donors (Lipinski definition) is 2. The molecule has 0 saturated carbocycles. The predicted octanol–water partition coefficient (Wildman–Crippen LogP) is 2.47. The van der Waals surface area contributed by atoms with Crippen molar-refractivity contribution < 1.29 is 9.18 Å². The fraction of sp³-hybridized carbons (Fsp3) is 0.250. The molecule has 0 radical (unpaired) electrons. The highest BCUT2D eigenvalue weighted by Crippen LogP contribution is 2.18. The van der Waals surface area contributed by atoms with E-state index in [0.717, 1.165) is 11.1 Å². The van der Waals surface area contributed by atoms with Crippen molar-refractivity contribution in [2.45, 2.75) is 20.8 Å². The number of rotatable bonds is 2. The van der Waals surface area contributed by atoms with Gasteiger partial charge >= 0.3 is 0 Å².